The quantitative estimate of drug-likeness (QED) is 0.0908. The molecule has 1 aliphatic rings. The van der Waals surface area contributed by atoms with Crippen LogP contribution in [0.5, 0.6) is 0 Å². The lowest BCUT2D eigenvalue weighted by molar-refractivity contribution is 0.135. The summed E-state index contributed by atoms with van der Waals surface area (Å²) in [5.74, 6) is 0. The van der Waals surface area contributed by atoms with Crippen LogP contribution in [-0.2, 0) is 0 Å². The SMILES string of the molecule is CCCCCCCCCCCCN1C=CN(CCCCCCCCC)C1CCCCCCCCCCC. The van der Waals surface area contributed by atoms with Crippen molar-refractivity contribution in [3.05, 3.63) is 12.4 Å². The van der Waals surface area contributed by atoms with Crippen LogP contribution in [-0.4, -0.2) is 29.1 Å². The maximum atomic E-state index is 2.71. The number of hydrogen-bond donors (Lipinski definition) is 0. The molecule has 1 atom stereocenters. The molecule has 220 valence electrons. The Labute approximate surface area is 235 Å². The molecule has 0 N–H and O–H groups in total. The van der Waals surface area contributed by atoms with Gasteiger partial charge >= 0.3 is 0 Å². The van der Waals surface area contributed by atoms with Crippen LogP contribution in [0, 0.1) is 0 Å². The highest BCUT2D eigenvalue weighted by atomic mass is 15.4. The number of hydrogen-bond acceptors (Lipinski definition) is 2. The first kappa shape index (κ1) is 34.4. The van der Waals surface area contributed by atoms with E-state index in [0.29, 0.717) is 6.17 Å². The van der Waals surface area contributed by atoms with Crippen molar-refractivity contribution in [1.29, 1.82) is 0 Å². The molecule has 1 unspecified atom stereocenters. The van der Waals surface area contributed by atoms with Gasteiger partial charge in [0.15, 0.2) is 0 Å². The monoisotopic (exact) mass is 519 g/mol. The topological polar surface area (TPSA) is 6.48 Å². The second kappa shape index (κ2) is 26.9. The maximum Gasteiger partial charge on any atom is 0.101 e. The van der Waals surface area contributed by atoms with Crippen molar-refractivity contribution >= 4 is 0 Å². The molecule has 1 heterocycles. The van der Waals surface area contributed by atoms with Gasteiger partial charge in [-0.15, -0.1) is 0 Å². The van der Waals surface area contributed by atoms with E-state index in [2.05, 4.69) is 43.0 Å². The van der Waals surface area contributed by atoms with Gasteiger partial charge in [0.25, 0.3) is 0 Å². The van der Waals surface area contributed by atoms with Gasteiger partial charge < -0.3 is 9.80 Å². The molecule has 0 aliphatic carbocycles. The van der Waals surface area contributed by atoms with Gasteiger partial charge in [0.05, 0.1) is 0 Å². The third-order valence-electron chi connectivity index (χ3n) is 8.57. The van der Waals surface area contributed by atoms with Crippen LogP contribution >= 0.6 is 0 Å². The Bertz CT molecular complexity index is 474. The molecule has 0 radical (unpaired) electrons. The van der Waals surface area contributed by atoms with Crippen LogP contribution in [0.15, 0.2) is 12.4 Å². The number of unbranched alkanes of at least 4 members (excludes halogenated alkanes) is 23. The molecule has 1 rings (SSSR count). The van der Waals surface area contributed by atoms with Crippen LogP contribution in [0.2, 0.25) is 0 Å². The summed E-state index contributed by atoms with van der Waals surface area (Å²) >= 11 is 0. The third kappa shape index (κ3) is 20.0. The van der Waals surface area contributed by atoms with Crippen molar-refractivity contribution in [3.63, 3.8) is 0 Å². The van der Waals surface area contributed by atoms with E-state index in [0.717, 1.165) is 0 Å². The predicted molar refractivity (Wildman–Crippen MR) is 168 cm³/mol. The van der Waals surface area contributed by atoms with Gasteiger partial charge in [0.2, 0.25) is 0 Å². The van der Waals surface area contributed by atoms with Gasteiger partial charge in [0.1, 0.15) is 6.17 Å². The molecule has 2 nitrogen and oxygen atoms in total. The van der Waals surface area contributed by atoms with Crippen LogP contribution in [0.4, 0.5) is 0 Å². The Hall–Kier alpha value is -0.660. The van der Waals surface area contributed by atoms with Crippen molar-refractivity contribution in [1.82, 2.24) is 9.80 Å². The molecule has 0 aromatic carbocycles. The molecular formula is C35H70N2. The minimum atomic E-state index is 0.642. The minimum absolute atomic E-state index is 0.642. The van der Waals surface area contributed by atoms with E-state index in [-0.39, 0.29) is 0 Å². The lowest BCUT2D eigenvalue weighted by Crippen LogP contribution is -2.39. The lowest BCUT2D eigenvalue weighted by atomic mass is 10.0. The second-order valence-electron chi connectivity index (χ2n) is 12.2. The smallest absolute Gasteiger partial charge is 0.101 e. The number of rotatable bonds is 29. The zero-order valence-electron chi connectivity index (χ0n) is 26.1. The summed E-state index contributed by atoms with van der Waals surface area (Å²) in [5.41, 5.74) is 0. The molecule has 37 heavy (non-hydrogen) atoms. The average Bonchev–Trinajstić information content (AvgIpc) is 3.29. The molecule has 0 spiro atoms. The lowest BCUT2D eigenvalue weighted by Gasteiger charge is -2.33. The van der Waals surface area contributed by atoms with E-state index < -0.39 is 0 Å². The number of nitrogens with zero attached hydrogens (tertiary/aromatic N) is 2. The van der Waals surface area contributed by atoms with E-state index in [9.17, 15) is 0 Å². The van der Waals surface area contributed by atoms with E-state index >= 15 is 0 Å². The largest absolute Gasteiger partial charge is 0.356 e. The van der Waals surface area contributed by atoms with Gasteiger partial charge in [0, 0.05) is 25.5 Å². The zero-order chi connectivity index (χ0) is 26.7. The van der Waals surface area contributed by atoms with Crippen LogP contribution < -0.4 is 0 Å². The van der Waals surface area contributed by atoms with Crippen molar-refractivity contribution < 1.29 is 0 Å². The van der Waals surface area contributed by atoms with Gasteiger partial charge in [-0.3, -0.25) is 0 Å². The molecular weight excluding hydrogens is 448 g/mol. The van der Waals surface area contributed by atoms with Crippen molar-refractivity contribution in [3.8, 4) is 0 Å². The normalized spacial score (nSPS) is 15.4. The summed E-state index contributed by atoms with van der Waals surface area (Å²) in [6.45, 7) is 9.47. The maximum absolute atomic E-state index is 2.71. The fourth-order valence-electron chi connectivity index (χ4n) is 6.01. The molecule has 0 aromatic rings. The van der Waals surface area contributed by atoms with E-state index in [1.807, 2.05) is 0 Å². The Morgan fingerprint density at radius 1 is 0.351 bits per heavy atom. The van der Waals surface area contributed by atoms with E-state index in [4.69, 9.17) is 0 Å². The summed E-state index contributed by atoms with van der Waals surface area (Å²) in [6, 6.07) is 0. The summed E-state index contributed by atoms with van der Waals surface area (Å²) < 4.78 is 0. The Morgan fingerprint density at radius 3 is 0.946 bits per heavy atom. The first-order valence-electron chi connectivity index (χ1n) is 17.5. The van der Waals surface area contributed by atoms with Gasteiger partial charge in [-0.1, -0.05) is 168 Å². The summed E-state index contributed by atoms with van der Waals surface area (Å²) in [5, 5.41) is 0. The molecule has 0 saturated carbocycles. The van der Waals surface area contributed by atoms with E-state index in [1.54, 1.807) is 0 Å². The highest BCUT2D eigenvalue weighted by molar-refractivity contribution is 4.97. The Balaban J connectivity index is 2.25. The fraction of sp³-hybridized carbons (Fsp3) is 0.943. The summed E-state index contributed by atoms with van der Waals surface area (Å²) in [6.07, 6.45) is 44.0. The third-order valence-corrected chi connectivity index (χ3v) is 8.57. The molecule has 0 saturated heterocycles. The van der Waals surface area contributed by atoms with Gasteiger partial charge in [-0.2, -0.15) is 0 Å². The van der Waals surface area contributed by atoms with Crippen LogP contribution in [0.3, 0.4) is 0 Å². The van der Waals surface area contributed by atoms with Crippen LogP contribution in [0.1, 0.15) is 194 Å². The van der Waals surface area contributed by atoms with Crippen LogP contribution in [0.25, 0.3) is 0 Å². The minimum Gasteiger partial charge on any atom is -0.356 e. The highest BCUT2D eigenvalue weighted by Crippen LogP contribution is 2.24. The summed E-state index contributed by atoms with van der Waals surface area (Å²) in [7, 11) is 0. The second-order valence-corrected chi connectivity index (χ2v) is 12.2. The molecule has 0 aromatic heterocycles. The van der Waals surface area contributed by atoms with Crippen molar-refractivity contribution in [2.75, 3.05) is 13.1 Å². The molecule has 0 amide bonds. The van der Waals surface area contributed by atoms with E-state index in [1.165, 1.54) is 186 Å². The predicted octanol–water partition coefficient (Wildman–Crippen LogP) is 12.0. The zero-order valence-corrected chi connectivity index (χ0v) is 26.1. The van der Waals surface area contributed by atoms with Gasteiger partial charge in [-0.05, 0) is 25.7 Å². The highest BCUT2D eigenvalue weighted by Gasteiger charge is 2.24. The van der Waals surface area contributed by atoms with Crippen molar-refractivity contribution in [2.24, 2.45) is 0 Å². The Morgan fingerprint density at radius 2 is 0.622 bits per heavy atom. The molecule has 1 aliphatic heterocycles. The Kier molecular flexibility index (Phi) is 25.0. The fourth-order valence-corrected chi connectivity index (χ4v) is 6.01. The molecule has 0 bridgehead atoms. The van der Waals surface area contributed by atoms with Gasteiger partial charge in [-0.25, -0.2) is 0 Å². The molecule has 2 heteroatoms. The standard InChI is InChI=1S/C35H70N2/c1-4-7-10-13-16-18-20-23-26-29-32-37-34-33-36(31-28-25-22-15-12-9-6-3)35(37)30-27-24-21-19-17-14-11-8-5-2/h33-35H,4-32H2,1-3H3. The average molecular weight is 519 g/mol. The first-order chi connectivity index (χ1) is 18.3. The first-order valence-corrected chi connectivity index (χ1v) is 17.5. The molecule has 0 fully saturated rings. The van der Waals surface area contributed by atoms with Crippen molar-refractivity contribution in [2.45, 2.75) is 200 Å². The summed E-state index contributed by atoms with van der Waals surface area (Å²) in [4.78, 5) is 5.41.